The summed E-state index contributed by atoms with van der Waals surface area (Å²) in [7, 11) is 0. The van der Waals surface area contributed by atoms with Gasteiger partial charge in [-0.25, -0.2) is 9.37 Å². The summed E-state index contributed by atoms with van der Waals surface area (Å²) >= 11 is 0. The zero-order valence-corrected chi connectivity index (χ0v) is 13.0. The maximum absolute atomic E-state index is 13.1. The molecule has 5 nitrogen and oxygen atoms in total. The lowest BCUT2D eigenvalue weighted by molar-refractivity contribution is -0.131. The van der Waals surface area contributed by atoms with E-state index >= 15 is 0 Å². The first-order chi connectivity index (χ1) is 11.1. The number of halogens is 1. The lowest BCUT2D eigenvalue weighted by atomic mass is 10.0. The first kappa shape index (κ1) is 14.4. The van der Waals surface area contributed by atoms with Gasteiger partial charge in [0, 0.05) is 13.5 Å². The molecule has 0 bridgehead atoms. The van der Waals surface area contributed by atoms with Crippen molar-refractivity contribution in [1.29, 1.82) is 0 Å². The van der Waals surface area contributed by atoms with Crippen molar-refractivity contribution in [1.82, 2.24) is 14.5 Å². The molecule has 1 spiro atoms. The smallest absolute Gasteiger partial charge is 0.219 e. The minimum Gasteiger partial charge on any atom is -0.363 e. The molecule has 2 aliphatic rings. The quantitative estimate of drug-likeness (QED) is 0.810. The van der Waals surface area contributed by atoms with E-state index in [1.807, 2.05) is 11.1 Å². The molecule has 0 radical (unpaired) electrons. The summed E-state index contributed by atoms with van der Waals surface area (Å²) < 4.78 is 21.4. The Hall–Kier alpha value is -2.21. The predicted octanol–water partition coefficient (Wildman–Crippen LogP) is 2.21. The molecule has 0 N–H and O–H groups in total. The molecular formula is C17H18FN3O2. The fourth-order valence-corrected chi connectivity index (χ4v) is 3.47. The number of imidazole rings is 1. The Morgan fingerprint density at radius 1 is 1.30 bits per heavy atom. The summed E-state index contributed by atoms with van der Waals surface area (Å²) in [6.45, 7) is 4.04. The molecule has 1 aromatic carbocycles. The Labute approximate surface area is 133 Å². The van der Waals surface area contributed by atoms with Gasteiger partial charge >= 0.3 is 0 Å². The number of ether oxygens (including phenoxy) is 1. The van der Waals surface area contributed by atoms with Crippen LogP contribution >= 0.6 is 0 Å². The molecule has 4 rings (SSSR count). The third kappa shape index (κ3) is 2.43. The Kier molecular flexibility index (Phi) is 3.23. The fraction of sp³-hybridized carbons (Fsp3) is 0.412. The van der Waals surface area contributed by atoms with Gasteiger partial charge in [-0.15, -0.1) is 0 Å². The topological polar surface area (TPSA) is 47.4 Å². The fourth-order valence-electron chi connectivity index (χ4n) is 3.47. The molecule has 0 aliphatic carbocycles. The summed E-state index contributed by atoms with van der Waals surface area (Å²) in [5.41, 5.74) is 1.56. The van der Waals surface area contributed by atoms with Crippen molar-refractivity contribution in [3.05, 3.63) is 42.1 Å². The summed E-state index contributed by atoms with van der Waals surface area (Å²) in [5, 5.41) is 0. The van der Waals surface area contributed by atoms with Gasteiger partial charge in [-0.2, -0.15) is 0 Å². The summed E-state index contributed by atoms with van der Waals surface area (Å²) in [5.74, 6) is 0.705. The van der Waals surface area contributed by atoms with Crippen LogP contribution < -0.4 is 0 Å². The summed E-state index contributed by atoms with van der Waals surface area (Å²) in [4.78, 5) is 17.9. The minimum absolute atomic E-state index is 0.0839. The highest BCUT2D eigenvalue weighted by Crippen LogP contribution is 2.35. The highest BCUT2D eigenvalue weighted by molar-refractivity contribution is 5.73. The molecule has 6 heteroatoms. The highest BCUT2D eigenvalue weighted by atomic mass is 19.1. The Balaban J connectivity index is 1.66. The van der Waals surface area contributed by atoms with Crippen molar-refractivity contribution >= 4 is 5.91 Å². The molecule has 1 aromatic heterocycles. The zero-order chi connectivity index (χ0) is 16.0. The molecular weight excluding hydrogens is 297 g/mol. The van der Waals surface area contributed by atoms with Crippen LogP contribution in [0.15, 0.2) is 30.5 Å². The van der Waals surface area contributed by atoms with E-state index < -0.39 is 0 Å². The largest absolute Gasteiger partial charge is 0.363 e. The average molecular weight is 315 g/mol. The number of aromatic nitrogens is 2. The SMILES string of the molecule is CC(=O)N1CC[C@@]2(C1)Cn1c(-c3ccc(F)cc3)cnc1CO2. The van der Waals surface area contributed by atoms with E-state index in [2.05, 4.69) is 9.55 Å². The third-order valence-corrected chi connectivity index (χ3v) is 4.79. The summed E-state index contributed by atoms with van der Waals surface area (Å²) in [6, 6.07) is 6.44. The van der Waals surface area contributed by atoms with E-state index in [1.165, 1.54) is 12.1 Å². The van der Waals surface area contributed by atoms with Crippen LogP contribution in [0.4, 0.5) is 4.39 Å². The van der Waals surface area contributed by atoms with Crippen LogP contribution in [0.2, 0.25) is 0 Å². The predicted molar refractivity (Wildman–Crippen MR) is 82.0 cm³/mol. The van der Waals surface area contributed by atoms with Crippen molar-refractivity contribution < 1.29 is 13.9 Å². The standard InChI is InChI=1S/C17H18FN3O2/c1-12(22)20-7-6-17(10-20)11-21-15(8-19-16(21)9-23-17)13-2-4-14(18)5-3-13/h2-5,8H,6-7,9-11H2,1H3/t17-/m1/s1. The molecule has 120 valence electrons. The number of likely N-dealkylation sites (tertiary alicyclic amines) is 1. The normalized spacial score (nSPS) is 23.3. The van der Waals surface area contributed by atoms with Crippen molar-refractivity contribution in [3.8, 4) is 11.3 Å². The molecule has 0 saturated carbocycles. The molecule has 1 amide bonds. The highest BCUT2D eigenvalue weighted by Gasteiger charge is 2.43. The maximum atomic E-state index is 13.1. The number of benzene rings is 1. The van der Waals surface area contributed by atoms with E-state index in [1.54, 1.807) is 19.1 Å². The van der Waals surface area contributed by atoms with Gasteiger partial charge < -0.3 is 14.2 Å². The van der Waals surface area contributed by atoms with E-state index in [-0.39, 0.29) is 17.3 Å². The Morgan fingerprint density at radius 2 is 2.09 bits per heavy atom. The van der Waals surface area contributed by atoms with Gasteiger partial charge in [0.1, 0.15) is 23.8 Å². The average Bonchev–Trinajstić information content (AvgIpc) is 3.13. The monoisotopic (exact) mass is 315 g/mol. The Morgan fingerprint density at radius 3 is 2.78 bits per heavy atom. The third-order valence-electron chi connectivity index (χ3n) is 4.79. The van der Waals surface area contributed by atoms with Crippen LogP contribution in [0, 0.1) is 5.82 Å². The van der Waals surface area contributed by atoms with Gasteiger partial charge in [-0.1, -0.05) is 0 Å². The molecule has 2 aliphatic heterocycles. The van der Waals surface area contributed by atoms with Gasteiger partial charge in [0.25, 0.3) is 0 Å². The number of amides is 1. The van der Waals surface area contributed by atoms with E-state index in [0.717, 1.165) is 30.0 Å². The van der Waals surface area contributed by atoms with Gasteiger partial charge in [0.15, 0.2) is 0 Å². The molecule has 1 atom stereocenters. The van der Waals surface area contributed by atoms with Gasteiger partial charge in [0.05, 0.1) is 25.0 Å². The number of hydrogen-bond acceptors (Lipinski definition) is 3. The summed E-state index contributed by atoms with van der Waals surface area (Å²) in [6.07, 6.45) is 2.63. The molecule has 23 heavy (non-hydrogen) atoms. The Bertz CT molecular complexity index is 756. The molecule has 1 saturated heterocycles. The number of rotatable bonds is 1. The van der Waals surface area contributed by atoms with Crippen molar-refractivity contribution in [2.24, 2.45) is 0 Å². The van der Waals surface area contributed by atoms with Crippen molar-refractivity contribution in [2.45, 2.75) is 32.1 Å². The minimum atomic E-state index is -0.339. The van der Waals surface area contributed by atoms with Gasteiger partial charge in [-0.05, 0) is 36.2 Å². The number of carbonyl (C=O) groups excluding carboxylic acids is 1. The number of fused-ring (bicyclic) bond motifs is 1. The van der Waals surface area contributed by atoms with E-state index in [0.29, 0.717) is 19.7 Å². The van der Waals surface area contributed by atoms with Crippen LogP contribution in [0.3, 0.4) is 0 Å². The van der Waals surface area contributed by atoms with E-state index in [9.17, 15) is 9.18 Å². The van der Waals surface area contributed by atoms with Crippen molar-refractivity contribution in [3.63, 3.8) is 0 Å². The maximum Gasteiger partial charge on any atom is 0.219 e. The lowest BCUT2D eigenvalue weighted by Gasteiger charge is -2.35. The second kappa shape index (κ2) is 5.16. The molecule has 3 heterocycles. The first-order valence-corrected chi connectivity index (χ1v) is 7.76. The van der Waals surface area contributed by atoms with Crippen LogP contribution in [-0.4, -0.2) is 39.0 Å². The van der Waals surface area contributed by atoms with Gasteiger partial charge in [0.2, 0.25) is 5.91 Å². The first-order valence-electron chi connectivity index (χ1n) is 7.76. The number of nitrogens with zero attached hydrogens (tertiary/aromatic N) is 3. The van der Waals surface area contributed by atoms with Crippen LogP contribution in [0.1, 0.15) is 19.2 Å². The molecule has 0 unspecified atom stereocenters. The zero-order valence-electron chi connectivity index (χ0n) is 13.0. The van der Waals surface area contributed by atoms with E-state index in [4.69, 9.17) is 4.74 Å². The van der Waals surface area contributed by atoms with Crippen LogP contribution in [0.25, 0.3) is 11.3 Å². The number of carbonyl (C=O) groups is 1. The molecule has 2 aromatic rings. The van der Waals surface area contributed by atoms with Crippen LogP contribution in [0.5, 0.6) is 0 Å². The molecule has 1 fully saturated rings. The van der Waals surface area contributed by atoms with Gasteiger partial charge in [-0.3, -0.25) is 4.79 Å². The lowest BCUT2D eigenvalue weighted by Crippen LogP contribution is -2.44. The van der Waals surface area contributed by atoms with Crippen molar-refractivity contribution in [2.75, 3.05) is 13.1 Å². The van der Waals surface area contributed by atoms with Crippen LogP contribution in [-0.2, 0) is 22.7 Å². The number of hydrogen-bond donors (Lipinski definition) is 0. The second-order valence-electron chi connectivity index (χ2n) is 6.31. The second-order valence-corrected chi connectivity index (χ2v) is 6.31.